The molecule has 2 N–H and O–H groups in total. The zero-order chi connectivity index (χ0) is 23.9. The van der Waals surface area contributed by atoms with Gasteiger partial charge in [-0.05, 0) is 66.3 Å². The molecule has 0 amide bonds. The van der Waals surface area contributed by atoms with Gasteiger partial charge in [-0.2, -0.15) is 16.4 Å². The second kappa shape index (κ2) is 8.87. The van der Waals surface area contributed by atoms with Crippen molar-refractivity contribution in [2.45, 2.75) is 38.2 Å². The number of pyridine rings is 3. The lowest BCUT2D eigenvalue weighted by Crippen LogP contribution is -2.19. The molecule has 1 aliphatic carbocycles. The molecule has 6 aromatic rings. The summed E-state index contributed by atoms with van der Waals surface area (Å²) in [6.45, 7) is 0. The smallest absolute Gasteiger partial charge is 0.155 e. The average molecular weight is 493 g/mol. The molecule has 8 heteroatoms. The Kier molecular flexibility index (Phi) is 5.24. The van der Waals surface area contributed by atoms with Crippen LogP contribution in [0.15, 0.2) is 66.0 Å². The molecule has 0 atom stereocenters. The van der Waals surface area contributed by atoms with Gasteiger partial charge in [-0.25, -0.2) is 4.98 Å². The number of H-pyrrole nitrogens is 2. The Hall–Kier alpha value is -4.04. The van der Waals surface area contributed by atoms with Crippen molar-refractivity contribution < 1.29 is 4.74 Å². The Bertz CT molecular complexity index is 1660. The van der Waals surface area contributed by atoms with Crippen LogP contribution >= 0.6 is 11.3 Å². The summed E-state index contributed by atoms with van der Waals surface area (Å²) in [5.74, 6) is 0.816. The summed E-state index contributed by atoms with van der Waals surface area (Å²) in [7, 11) is 0. The van der Waals surface area contributed by atoms with Gasteiger partial charge in [-0.1, -0.05) is 6.42 Å². The quantitative estimate of drug-likeness (QED) is 0.270. The Morgan fingerprint density at radius 1 is 0.861 bits per heavy atom. The Morgan fingerprint density at radius 2 is 1.75 bits per heavy atom. The van der Waals surface area contributed by atoms with E-state index in [1.807, 2.05) is 24.8 Å². The van der Waals surface area contributed by atoms with E-state index in [0.29, 0.717) is 0 Å². The Balaban J connectivity index is 1.26. The van der Waals surface area contributed by atoms with E-state index >= 15 is 0 Å². The fraction of sp³-hybridized carbons (Fsp3) is 0.214. The maximum Gasteiger partial charge on any atom is 0.155 e. The Morgan fingerprint density at radius 3 is 2.64 bits per heavy atom. The summed E-state index contributed by atoms with van der Waals surface area (Å²) in [4.78, 5) is 17.0. The minimum atomic E-state index is 0.285. The van der Waals surface area contributed by atoms with E-state index in [0.717, 1.165) is 68.6 Å². The van der Waals surface area contributed by atoms with Crippen LogP contribution in [0.2, 0.25) is 0 Å². The third kappa shape index (κ3) is 3.83. The van der Waals surface area contributed by atoms with Gasteiger partial charge >= 0.3 is 0 Å². The third-order valence-corrected chi connectivity index (χ3v) is 7.63. The first-order chi connectivity index (χ1) is 17.8. The van der Waals surface area contributed by atoms with Crippen molar-refractivity contribution in [2.24, 2.45) is 0 Å². The van der Waals surface area contributed by atoms with Crippen LogP contribution in [0.1, 0.15) is 32.1 Å². The molecule has 1 aliphatic rings. The van der Waals surface area contributed by atoms with Gasteiger partial charge in [-0.15, -0.1) is 0 Å². The highest BCUT2D eigenvalue weighted by atomic mass is 32.1. The van der Waals surface area contributed by atoms with Crippen molar-refractivity contribution >= 4 is 33.3 Å². The van der Waals surface area contributed by atoms with Crippen LogP contribution in [0.3, 0.4) is 0 Å². The highest BCUT2D eigenvalue weighted by Gasteiger charge is 2.17. The first kappa shape index (κ1) is 21.3. The lowest BCUT2D eigenvalue weighted by molar-refractivity contribution is 0.154. The fourth-order valence-corrected chi connectivity index (χ4v) is 5.77. The van der Waals surface area contributed by atoms with Crippen molar-refractivity contribution in [1.29, 1.82) is 0 Å². The number of hydrogen-bond donors (Lipinski definition) is 2. The molecule has 36 heavy (non-hydrogen) atoms. The largest absolute Gasteiger partial charge is 0.489 e. The van der Waals surface area contributed by atoms with E-state index in [4.69, 9.17) is 4.74 Å². The van der Waals surface area contributed by atoms with Gasteiger partial charge < -0.3 is 9.72 Å². The van der Waals surface area contributed by atoms with E-state index in [1.165, 1.54) is 24.8 Å². The molecule has 0 aliphatic heterocycles. The summed E-state index contributed by atoms with van der Waals surface area (Å²) in [6.07, 6.45) is 15.6. The molecule has 0 bridgehead atoms. The Labute approximate surface area is 211 Å². The van der Waals surface area contributed by atoms with Gasteiger partial charge in [0.2, 0.25) is 0 Å². The van der Waals surface area contributed by atoms with Gasteiger partial charge in [0, 0.05) is 46.1 Å². The number of aromatic nitrogens is 6. The molecule has 178 valence electrons. The second-order valence-corrected chi connectivity index (χ2v) is 10.1. The van der Waals surface area contributed by atoms with Crippen LogP contribution in [0.4, 0.5) is 0 Å². The van der Waals surface area contributed by atoms with E-state index < -0.39 is 0 Å². The van der Waals surface area contributed by atoms with Gasteiger partial charge in [0.25, 0.3) is 0 Å². The minimum absolute atomic E-state index is 0.285. The molecule has 1 saturated carbocycles. The van der Waals surface area contributed by atoms with E-state index in [1.54, 1.807) is 17.5 Å². The molecular weight excluding hydrogens is 468 g/mol. The van der Waals surface area contributed by atoms with E-state index in [2.05, 4.69) is 65.2 Å². The number of rotatable bonds is 5. The van der Waals surface area contributed by atoms with Crippen LogP contribution in [-0.4, -0.2) is 36.2 Å². The van der Waals surface area contributed by atoms with Crippen LogP contribution in [0, 0.1) is 0 Å². The van der Waals surface area contributed by atoms with Gasteiger partial charge in [0.15, 0.2) is 5.65 Å². The van der Waals surface area contributed by atoms with Crippen LogP contribution in [0.5, 0.6) is 5.75 Å². The first-order valence-corrected chi connectivity index (χ1v) is 13.2. The summed E-state index contributed by atoms with van der Waals surface area (Å²) in [6, 6.07) is 8.44. The molecule has 0 saturated heterocycles. The van der Waals surface area contributed by atoms with Crippen LogP contribution in [-0.2, 0) is 0 Å². The number of ether oxygens (including phenoxy) is 1. The molecular formula is C28H24N6OS. The zero-order valence-electron chi connectivity index (χ0n) is 19.6. The average Bonchev–Trinajstić information content (AvgIpc) is 3.68. The molecule has 1 fully saturated rings. The number of nitrogens with one attached hydrogen (secondary N) is 2. The third-order valence-electron chi connectivity index (χ3n) is 6.95. The maximum absolute atomic E-state index is 6.25. The fourth-order valence-electron chi connectivity index (χ4n) is 5.11. The lowest BCUT2D eigenvalue weighted by Gasteiger charge is -2.23. The standard InChI is InChI=1S/C28H24N6OS/c1-2-4-20(5-3-1)35-21-8-18(11-29-13-21)19-9-23-27(33-34-28(23)31-12-19)25-10-22-24(17-6-7-36-16-17)14-30-15-26(22)32-25/h6-16,20,32H,1-5H2,(H,31,33,34). The number of aromatic amines is 2. The molecule has 7 rings (SSSR count). The minimum Gasteiger partial charge on any atom is -0.489 e. The van der Waals surface area contributed by atoms with Gasteiger partial charge in [0.1, 0.15) is 11.4 Å². The topological polar surface area (TPSA) is 92.4 Å². The van der Waals surface area contributed by atoms with Gasteiger partial charge in [-0.3, -0.25) is 15.1 Å². The maximum atomic E-state index is 6.25. The number of nitrogens with zero attached hydrogens (tertiary/aromatic N) is 4. The van der Waals surface area contributed by atoms with E-state index in [9.17, 15) is 0 Å². The molecule has 0 unspecified atom stereocenters. The number of hydrogen-bond acceptors (Lipinski definition) is 6. The summed E-state index contributed by atoms with van der Waals surface area (Å²) < 4.78 is 6.25. The summed E-state index contributed by atoms with van der Waals surface area (Å²) in [5, 5.41) is 14.0. The van der Waals surface area contributed by atoms with E-state index in [-0.39, 0.29) is 6.10 Å². The van der Waals surface area contributed by atoms with Crippen molar-refractivity contribution in [3.05, 3.63) is 66.0 Å². The molecule has 0 aromatic carbocycles. The molecule has 0 spiro atoms. The predicted octanol–water partition coefficient (Wildman–Crippen LogP) is 7.00. The lowest BCUT2D eigenvalue weighted by atomic mass is 9.98. The summed E-state index contributed by atoms with van der Waals surface area (Å²) in [5.41, 5.74) is 7.70. The van der Waals surface area contributed by atoms with Crippen molar-refractivity contribution in [3.63, 3.8) is 0 Å². The number of thiophene rings is 1. The highest BCUT2D eigenvalue weighted by molar-refractivity contribution is 7.08. The number of fused-ring (bicyclic) bond motifs is 2. The predicted molar refractivity (Wildman–Crippen MR) is 143 cm³/mol. The molecule has 6 heterocycles. The highest BCUT2D eigenvalue weighted by Crippen LogP contribution is 2.35. The second-order valence-electron chi connectivity index (χ2n) is 9.32. The molecule has 6 aromatic heterocycles. The zero-order valence-corrected chi connectivity index (χ0v) is 20.4. The monoisotopic (exact) mass is 492 g/mol. The van der Waals surface area contributed by atoms with Crippen molar-refractivity contribution in [1.82, 2.24) is 30.1 Å². The van der Waals surface area contributed by atoms with Crippen LogP contribution in [0.25, 0.3) is 55.6 Å². The molecule has 0 radical (unpaired) electrons. The first-order valence-electron chi connectivity index (χ1n) is 12.3. The van der Waals surface area contributed by atoms with Crippen molar-refractivity contribution in [3.8, 4) is 39.4 Å². The normalized spacial score (nSPS) is 14.6. The van der Waals surface area contributed by atoms with Crippen LogP contribution < -0.4 is 4.74 Å². The van der Waals surface area contributed by atoms with Gasteiger partial charge in [0.05, 0.1) is 29.7 Å². The van der Waals surface area contributed by atoms with Crippen molar-refractivity contribution in [2.75, 3.05) is 0 Å². The SMILES string of the molecule is c1cc(-c2cncc3[nH]c(-c4n[nH]c5ncc(-c6cncc(OC7CCCCC7)c6)cc45)cc23)cs1. The summed E-state index contributed by atoms with van der Waals surface area (Å²) >= 11 is 1.68. The molecule has 7 nitrogen and oxygen atoms in total.